The molecule has 0 spiro atoms. The molecule has 0 aliphatic carbocycles. The van der Waals surface area contributed by atoms with Crippen molar-refractivity contribution in [2.45, 2.75) is 30.7 Å². The average Bonchev–Trinajstić information content (AvgIpc) is 2.78. The van der Waals surface area contributed by atoms with E-state index in [4.69, 9.17) is 11.6 Å². The quantitative estimate of drug-likeness (QED) is 0.543. The molecular formula is C24H31ClN6O3S. The zero-order valence-corrected chi connectivity index (χ0v) is 21.6. The van der Waals surface area contributed by atoms with Crippen LogP contribution in [0, 0.1) is 23.2 Å². The summed E-state index contributed by atoms with van der Waals surface area (Å²) in [6.07, 6.45) is 5.15. The average molecular weight is 519 g/mol. The number of halogens is 1. The van der Waals surface area contributed by atoms with E-state index in [1.54, 1.807) is 12.3 Å². The predicted molar refractivity (Wildman–Crippen MR) is 135 cm³/mol. The zero-order valence-electron chi connectivity index (χ0n) is 20.0. The summed E-state index contributed by atoms with van der Waals surface area (Å²) < 4.78 is 23.6. The molecule has 2 N–H and O–H groups in total. The third-order valence-corrected chi connectivity index (χ3v) is 8.38. The molecule has 3 heterocycles. The number of hydrogen-bond donors (Lipinski definition) is 2. The van der Waals surface area contributed by atoms with Crippen LogP contribution in [-0.2, 0) is 9.84 Å². The molecule has 1 aromatic carbocycles. The first-order valence-corrected chi connectivity index (χ1v) is 14.1. The Morgan fingerprint density at radius 1 is 1.31 bits per heavy atom. The Hall–Kier alpha value is -2.45. The van der Waals surface area contributed by atoms with E-state index in [2.05, 4.69) is 31.2 Å². The summed E-state index contributed by atoms with van der Waals surface area (Å²) in [6, 6.07) is 6.39. The Morgan fingerprint density at radius 3 is 2.74 bits per heavy atom. The normalized spacial score (nSPS) is 20.2. The summed E-state index contributed by atoms with van der Waals surface area (Å²) in [5.74, 6) is 2.29. The van der Waals surface area contributed by atoms with Crippen molar-refractivity contribution >= 4 is 33.1 Å². The highest BCUT2D eigenvalue weighted by molar-refractivity contribution is 7.90. The van der Waals surface area contributed by atoms with Crippen LogP contribution in [0.1, 0.15) is 37.1 Å². The van der Waals surface area contributed by atoms with Gasteiger partial charge in [-0.05, 0) is 55.8 Å². The molecule has 9 nitrogen and oxygen atoms in total. The molecule has 1 aromatic heterocycles. The molecule has 11 heteroatoms. The molecule has 0 amide bonds. The maximum atomic E-state index is 11.8. The number of nitrogens with zero attached hydrogens (tertiary/aromatic N) is 5. The first kappa shape index (κ1) is 25.6. The van der Waals surface area contributed by atoms with Crippen LogP contribution in [0.5, 0.6) is 0 Å². The fourth-order valence-electron chi connectivity index (χ4n) is 4.91. The van der Waals surface area contributed by atoms with Gasteiger partial charge in [0.1, 0.15) is 11.9 Å². The standard InChI is InChI=1S/C24H31ClN6O3S/c1-16(20-6-5-19(10-21(20)25)35(2,33)34)28-24-22(11-26)27-12-23(29-24)31-14-18(15-31)17-4-3-7-30(13-17)8-9-32/h5-6,10,12,16-18,32H,3-4,7-9,13-15H2,1-2H3,(H,28,29)/t16?,17-/m0/s1. The number of benzene rings is 1. The Balaban J connectivity index is 1.44. The number of piperidine rings is 1. The summed E-state index contributed by atoms with van der Waals surface area (Å²) in [6.45, 7) is 6.69. The van der Waals surface area contributed by atoms with Crippen LogP contribution >= 0.6 is 11.6 Å². The smallest absolute Gasteiger partial charge is 0.183 e. The second-order valence-corrected chi connectivity index (χ2v) is 11.9. The van der Waals surface area contributed by atoms with Crippen LogP contribution in [0.15, 0.2) is 29.3 Å². The van der Waals surface area contributed by atoms with Crippen molar-refractivity contribution in [1.82, 2.24) is 14.9 Å². The van der Waals surface area contributed by atoms with Gasteiger partial charge in [0.05, 0.1) is 23.7 Å². The molecule has 2 saturated heterocycles. The van der Waals surface area contributed by atoms with Gasteiger partial charge in [-0.15, -0.1) is 0 Å². The van der Waals surface area contributed by atoms with Gasteiger partial charge >= 0.3 is 0 Å². The topological polar surface area (TPSA) is 122 Å². The fourth-order valence-corrected chi connectivity index (χ4v) is 5.96. The Labute approximate surface area is 211 Å². The van der Waals surface area contributed by atoms with Crippen molar-refractivity contribution < 1.29 is 13.5 Å². The van der Waals surface area contributed by atoms with Crippen LogP contribution in [0.25, 0.3) is 0 Å². The molecule has 2 aliphatic heterocycles. The number of hydrogen-bond acceptors (Lipinski definition) is 9. The molecule has 4 rings (SSSR count). The Kier molecular flexibility index (Phi) is 7.81. The highest BCUT2D eigenvalue weighted by Crippen LogP contribution is 2.34. The fraction of sp³-hybridized carbons (Fsp3) is 0.542. The largest absolute Gasteiger partial charge is 0.395 e. The van der Waals surface area contributed by atoms with Crippen molar-refractivity contribution in [1.29, 1.82) is 5.26 Å². The molecule has 188 valence electrons. The van der Waals surface area contributed by atoms with Gasteiger partial charge in [0, 0.05) is 37.5 Å². The molecule has 0 saturated carbocycles. The lowest BCUT2D eigenvalue weighted by atomic mass is 9.80. The van der Waals surface area contributed by atoms with Crippen LogP contribution < -0.4 is 10.2 Å². The van der Waals surface area contributed by atoms with Gasteiger partial charge in [0.25, 0.3) is 0 Å². The molecular weight excluding hydrogens is 488 g/mol. The van der Waals surface area contributed by atoms with Crippen molar-refractivity contribution in [3.63, 3.8) is 0 Å². The SMILES string of the molecule is CC(Nc1nc(N2CC([C@H]3CCCN(CCO)C3)C2)cnc1C#N)c1ccc(S(C)(=O)=O)cc1Cl. The Morgan fingerprint density at radius 2 is 2.09 bits per heavy atom. The van der Waals surface area contributed by atoms with Crippen molar-refractivity contribution in [2.75, 3.05) is 55.8 Å². The molecule has 2 aliphatic rings. The molecule has 2 atom stereocenters. The third kappa shape index (κ3) is 5.86. The first-order valence-electron chi connectivity index (χ1n) is 11.8. The minimum atomic E-state index is -3.36. The van der Waals surface area contributed by atoms with Crippen molar-refractivity contribution in [3.8, 4) is 6.07 Å². The Bertz CT molecular complexity index is 1210. The van der Waals surface area contributed by atoms with Gasteiger partial charge < -0.3 is 20.2 Å². The maximum absolute atomic E-state index is 11.8. The van der Waals surface area contributed by atoms with E-state index in [9.17, 15) is 18.8 Å². The number of sulfone groups is 1. The zero-order chi connectivity index (χ0) is 25.2. The molecule has 35 heavy (non-hydrogen) atoms. The number of aliphatic hydroxyl groups excluding tert-OH is 1. The number of aliphatic hydroxyl groups is 1. The molecule has 0 bridgehead atoms. The molecule has 0 radical (unpaired) electrons. The molecule has 2 aromatic rings. The van der Waals surface area contributed by atoms with Crippen LogP contribution in [-0.4, -0.2) is 74.0 Å². The number of nitrogens with one attached hydrogen (secondary N) is 1. The van der Waals surface area contributed by atoms with E-state index in [0.717, 1.165) is 51.2 Å². The summed E-state index contributed by atoms with van der Waals surface area (Å²) >= 11 is 6.37. The van der Waals surface area contributed by atoms with Gasteiger partial charge in [-0.2, -0.15) is 5.26 Å². The van der Waals surface area contributed by atoms with Crippen LogP contribution in [0.3, 0.4) is 0 Å². The van der Waals surface area contributed by atoms with Crippen molar-refractivity contribution in [3.05, 3.63) is 40.7 Å². The van der Waals surface area contributed by atoms with Gasteiger partial charge in [0.2, 0.25) is 0 Å². The van der Waals surface area contributed by atoms with Crippen LogP contribution in [0.4, 0.5) is 11.6 Å². The predicted octanol–water partition coefficient (Wildman–Crippen LogP) is 2.72. The minimum absolute atomic E-state index is 0.155. The van der Waals surface area contributed by atoms with Gasteiger partial charge in [0.15, 0.2) is 21.3 Å². The van der Waals surface area contributed by atoms with E-state index in [0.29, 0.717) is 28.2 Å². The van der Waals surface area contributed by atoms with Gasteiger partial charge in [-0.1, -0.05) is 17.7 Å². The number of β-amino-alcohol motifs (C(OH)–C–C–N with tert-alkyl or cyclic N) is 1. The monoisotopic (exact) mass is 518 g/mol. The van der Waals surface area contributed by atoms with Gasteiger partial charge in [-0.3, -0.25) is 0 Å². The van der Waals surface area contributed by atoms with E-state index >= 15 is 0 Å². The maximum Gasteiger partial charge on any atom is 0.183 e. The highest BCUT2D eigenvalue weighted by atomic mass is 35.5. The minimum Gasteiger partial charge on any atom is -0.395 e. The summed E-state index contributed by atoms with van der Waals surface area (Å²) in [7, 11) is -3.36. The molecule has 1 unspecified atom stereocenters. The van der Waals surface area contributed by atoms with E-state index in [-0.39, 0.29) is 23.2 Å². The summed E-state index contributed by atoms with van der Waals surface area (Å²) in [5.41, 5.74) is 0.886. The van der Waals surface area contributed by atoms with Crippen molar-refractivity contribution in [2.24, 2.45) is 11.8 Å². The number of anilines is 2. The van der Waals surface area contributed by atoms with Gasteiger partial charge in [-0.25, -0.2) is 18.4 Å². The lowest BCUT2D eigenvalue weighted by molar-refractivity contribution is 0.101. The highest BCUT2D eigenvalue weighted by Gasteiger charge is 2.36. The summed E-state index contributed by atoms with van der Waals surface area (Å²) in [4.78, 5) is 13.7. The summed E-state index contributed by atoms with van der Waals surface area (Å²) in [5, 5.41) is 22.3. The number of aromatic nitrogens is 2. The van der Waals surface area contributed by atoms with E-state index < -0.39 is 9.84 Å². The second-order valence-electron chi connectivity index (χ2n) is 9.45. The van der Waals surface area contributed by atoms with E-state index in [1.807, 2.05) is 6.92 Å². The lowest BCUT2D eigenvalue weighted by Gasteiger charge is -2.47. The number of rotatable bonds is 8. The van der Waals surface area contributed by atoms with E-state index in [1.165, 1.54) is 18.6 Å². The number of nitriles is 1. The third-order valence-electron chi connectivity index (χ3n) is 6.94. The second kappa shape index (κ2) is 10.7. The first-order chi connectivity index (χ1) is 16.7. The lowest BCUT2D eigenvalue weighted by Crippen LogP contribution is -2.54. The molecule has 2 fully saturated rings. The number of likely N-dealkylation sites (tertiary alicyclic amines) is 1. The van der Waals surface area contributed by atoms with Crippen LogP contribution in [0.2, 0.25) is 5.02 Å².